The zero-order valence-corrected chi connectivity index (χ0v) is 16.5. The quantitative estimate of drug-likeness (QED) is 0.333. The van der Waals surface area contributed by atoms with Crippen molar-refractivity contribution in [2.75, 3.05) is 19.7 Å². The standard InChI is InChI=1S/C22H37NO2/c1-4-6-8-9-16-23-17-10-11-18-25-22-15-12-14-20(19(3)24)21(22)13-7-5-2/h12,14-15,23H,4-11,13,16-18H2,1-3H3. The predicted octanol–water partition coefficient (Wildman–Crippen LogP) is 5.56. The normalized spacial score (nSPS) is 10.8. The zero-order chi connectivity index (χ0) is 18.3. The first kappa shape index (κ1) is 21.7. The van der Waals surface area contributed by atoms with Crippen LogP contribution in [0, 0.1) is 0 Å². The van der Waals surface area contributed by atoms with E-state index in [2.05, 4.69) is 19.2 Å². The number of carbonyl (C=O) groups excluding carboxylic acids is 1. The number of rotatable bonds is 15. The van der Waals surface area contributed by atoms with Crippen LogP contribution < -0.4 is 10.1 Å². The van der Waals surface area contributed by atoms with Gasteiger partial charge < -0.3 is 10.1 Å². The van der Waals surface area contributed by atoms with Gasteiger partial charge in [0.2, 0.25) is 0 Å². The van der Waals surface area contributed by atoms with Crippen molar-refractivity contribution < 1.29 is 9.53 Å². The van der Waals surface area contributed by atoms with Crippen molar-refractivity contribution in [1.29, 1.82) is 0 Å². The fraction of sp³-hybridized carbons (Fsp3) is 0.682. The fourth-order valence-electron chi connectivity index (χ4n) is 2.98. The highest BCUT2D eigenvalue weighted by Gasteiger charge is 2.12. The van der Waals surface area contributed by atoms with Crippen LogP contribution in [0.5, 0.6) is 5.75 Å². The SMILES string of the molecule is CCCCCCNCCCCOc1cccc(C(C)=O)c1CCCC. The fourth-order valence-corrected chi connectivity index (χ4v) is 2.98. The average molecular weight is 348 g/mol. The van der Waals surface area contributed by atoms with Gasteiger partial charge in [-0.2, -0.15) is 0 Å². The number of ether oxygens (including phenoxy) is 1. The lowest BCUT2D eigenvalue weighted by molar-refractivity contribution is 0.101. The smallest absolute Gasteiger partial charge is 0.160 e. The molecule has 0 amide bonds. The monoisotopic (exact) mass is 347 g/mol. The maximum absolute atomic E-state index is 11.9. The number of carbonyl (C=O) groups is 1. The van der Waals surface area contributed by atoms with Crippen LogP contribution in [0.1, 0.15) is 88.1 Å². The number of hydrogen-bond acceptors (Lipinski definition) is 3. The second kappa shape index (κ2) is 13.9. The zero-order valence-electron chi connectivity index (χ0n) is 16.5. The molecule has 1 aromatic carbocycles. The first-order valence-corrected chi connectivity index (χ1v) is 10.2. The van der Waals surface area contributed by atoms with E-state index in [4.69, 9.17) is 4.74 Å². The van der Waals surface area contributed by atoms with E-state index in [-0.39, 0.29) is 5.78 Å². The summed E-state index contributed by atoms with van der Waals surface area (Å²) in [6.07, 6.45) is 10.5. The van der Waals surface area contributed by atoms with Crippen LogP contribution in [-0.2, 0) is 6.42 Å². The molecule has 0 aliphatic carbocycles. The highest BCUT2D eigenvalue weighted by atomic mass is 16.5. The van der Waals surface area contributed by atoms with Gasteiger partial charge in [-0.1, -0.05) is 51.7 Å². The molecule has 0 bridgehead atoms. The van der Waals surface area contributed by atoms with Crippen molar-refractivity contribution in [3.63, 3.8) is 0 Å². The van der Waals surface area contributed by atoms with Gasteiger partial charge in [-0.15, -0.1) is 0 Å². The Morgan fingerprint density at radius 1 is 0.960 bits per heavy atom. The number of nitrogens with one attached hydrogen (secondary N) is 1. The second-order valence-electron chi connectivity index (χ2n) is 6.81. The first-order chi connectivity index (χ1) is 12.2. The van der Waals surface area contributed by atoms with Crippen molar-refractivity contribution >= 4 is 5.78 Å². The van der Waals surface area contributed by atoms with E-state index in [1.165, 1.54) is 25.7 Å². The number of benzene rings is 1. The first-order valence-electron chi connectivity index (χ1n) is 10.2. The van der Waals surface area contributed by atoms with Crippen molar-refractivity contribution in [2.45, 2.75) is 78.6 Å². The van der Waals surface area contributed by atoms with Gasteiger partial charge in [0.05, 0.1) is 6.61 Å². The molecule has 0 aromatic heterocycles. The molecule has 142 valence electrons. The average Bonchev–Trinajstić information content (AvgIpc) is 2.61. The lowest BCUT2D eigenvalue weighted by atomic mass is 9.98. The molecule has 0 saturated carbocycles. The Bertz CT molecular complexity index is 485. The highest BCUT2D eigenvalue weighted by molar-refractivity contribution is 5.96. The summed E-state index contributed by atoms with van der Waals surface area (Å²) < 4.78 is 6.00. The third-order valence-corrected chi connectivity index (χ3v) is 4.51. The number of ketones is 1. The minimum absolute atomic E-state index is 0.129. The molecule has 0 fully saturated rings. The van der Waals surface area contributed by atoms with Gasteiger partial charge in [0.15, 0.2) is 5.78 Å². The molecule has 1 rings (SSSR count). The maximum Gasteiger partial charge on any atom is 0.160 e. The lowest BCUT2D eigenvalue weighted by Crippen LogP contribution is -2.17. The van der Waals surface area contributed by atoms with Gasteiger partial charge >= 0.3 is 0 Å². The minimum Gasteiger partial charge on any atom is -0.493 e. The molecule has 0 aliphatic rings. The molecule has 1 N–H and O–H groups in total. The summed E-state index contributed by atoms with van der Waals surface area (Å²) >= 11 is 0. The Labute approximate surface area is 154 Å². The Morgan fingerprint density at radius 2 is 1.68 bits per heavy atom. The van der Waals surface area contributed by atoms with Crippen molar-refractivity contribution in [2.24, 2.45) is 0 Å². The third kappa shape index (κ3) is 9.06. The molecule has 0 radical (unpaired) electrons. The lowest BCUT2D eigenvalue weighted by Gasteiger charge is -2.14. The van der Waals surface area contributed by atoms with E-state index in [0.717, 1.165) is 68.7 Å². The number of Topliss-reactive ketones (excluding diaryl/α,β-unsaturated/α-hetero) is 1. The Hall–Kier alpha value is -1.35. The molecule has 3 heteroatoms. The topological polar surface area (TPSA) is 38.3 Å². The number of unbranched alkanes of at least 4 members (excludes halogenated alkanes) is 5. The van der Waals surface area contributed by atoms with Crippen LogP contribution in [0.3, 0.4) is 0 Å². The second-order valence-corrected chi connectivity index (χ2v) is 6.81. The molecule has 25 heavy (non-hydrogen) atoms. The van der Waals surface area contributed by atoms with Crippen LogP contribution in [0.15, 0.2) is 18.2 Å². The van der Waals surface area contributed by atoms with Gasteiger partial charge in [-0.25, -0.2) is 0 Å². The van der Waals surface area contributed by atoms with E-state index in [1.54, 1.807) is 6.92 Å². The molecule has 1 aromatic rings. The molecule has 0 unspecified atom stereocenters. The molecule has 0 atom stereocenters. The Balaban J connectivity index is 2.32. The molecular weight excluding hydrogens is 310 g/mol. The summed E-state index contributed by atoms with van der Waals surface area (Å²) in [6, 6.07) is 5.85. The van der Waals surface area contributed by atoms with Crippen LogP contribution in [-0.4, -0.2) is 25.5 Å². The molecule has 3 nitrogen and oxygen atoms in total. The van der Waals surface area contributed by atoms with E-state index < -0.39 is 0 Å². The largest absolute Gasteiger partial charge is 0.493 e. The highest BCUT2D eigenvalue weighted by Crippen LogP contribution is 2.25. The Kier molecular flexibility index (Phi) is 12.0. The van der Waals surface area contributed by atoms with Crippen molar-refractivity contribution in [3.8, 4) is 5.75 Å². The molecule has 0 aliphatic heterocycles. The van der Waals surface area contributed by atoms with Gasteiger partial charge in [0, 0.05) is 11.1 Å². The summed E-state index contributed by atoms with van der Waals surface area (Å²) in [5, 5.41) is 3.51. The summed E-state index contributed by atoms with van der Waals surface area (Å²) in [6.45, 7) is 8.96. The van der Waals surface area contributed by atoms with E-state index in [0.29, 0.717) is 0 Å². The molecule has 0 saturated heterocycles. The van der Waals surface area contributed by atoms with Gasteiger partial charge in [-0.3, -0.25) is 4.79 Å². The molecule has 0 spiro atoms. The Morgan fingerprint density at radius 3 is 2.36 bits per heavy atom. The van der Waals surface area contributed by atoms with Crippen LogP contribution in [0.25, 0.3) is 0 Å². The maximum atomic E-state index is 11.9. The van der Waals surface area contributed by atoms with Crippen molar-refractivity contribution in [1.82, 2.24) is 5.32 Å². The summed E-state index contributed by atoms with van der Waals surface area (Å²) in [5.41, 5.74) is 1.91. The molecular formula is C22H37NO2. The van der Waals surface area contributed by atoms with Crippen LogP contribution >= 0.6 is 0 Å². The van der Waals surface area contributed by atoms with Crippen molar-refractivity contribution in [3.05, 3.63) is 29.3 Å². The third-order valence-electron chi connectivity index (χ3n) is 4.51. The molecule has 0 heterocycles. The van der Waals surface area contributed by atoms with Crippen LogP contribution in [0.4, 0.5) is 0 Å². The van der Waals surface area contributed by atoms with E-state index >= 15 is 0 Å². The summed E-state index contributed by atoms with van der Waals surface area (Å²) in [7, 11) is 0. The van der Waals surface area contributed by atoms with Gasteiger partial charge in [0.1, 0.15) is 5.75 Å². The predicted molar refractivity (Wildman–Crippen MR) is 107 cm³/mol. The van der Waals surface area contributed by atoms with Gasteiger partial charge in [0.25, 0.3) is 0 Å². The summed E-state index contributed by atoms with van der Waals surface area (Å²) in [5.74, 6) is 1.03. The van der Waals surface area contributed by atoms with E-state index in [9.17, 15) is 4.79 Å². The minimum atomic E-state index is 0.129. The number of hydrogen-bond donors (Lipinski definition) is 1. The van der Waals surface area contributed by atoms with Gasteiger partial charge in [-0.05, 0) is 58.2 Å². The van der Waals surface area contributed by atoms with Crippen LogP contribution in [0.2, 0.25) is 0 Å². The summed E-state index contributed by atoms with van der Waals surface area (Å²) in [4.78, 5) is 11.9. The van der Waals surface area contributed by atoms with E-state index in [1.807, 2.05) is 18.2 Å².